The minimum atomic E-state index is 0.0526. The first-order valence-electron chi connectivity index (χ1n) is 7.28. The van der Waals surface area contributed by atoms with E-state index in [1.165, 1.54) is 4.88 Å². The summed E-state index contributed by atoms with van der Waals surface area (Å²) in [6.07, 6.45) is 1.15. The molecular formula is C17H20ClNO2S. The molecule has 0 aliphatic rings. The highest BCUT2D eigenvalue weighted by molar-refractivity contribution is 7.10. The summed E-state index contributed by atoms with van der Waals surface area (Å²) in [4.78, 5) is 13.0. The molecule has 1 heterocycles. The molecule has 0 radical (unpaired) electrons. The summed E-state index contributed by atoms with van der Waals surface area (Å²) in [5, 5.41) is 5.74. The number of carbonyl (C=O) groups excluding carboxylic acids is 1. The zero-order valence-corrected chi connectivity index (χ0v) is 14.3. The summed E-state index contributed by atoms with van der Waals surface area (Å²) in [5.74, 6) is 0.839. The number of rotatable bonds is 7. The maximum atomic E-state index is 11.9. The molecule has 0 spiro atoms. The number of halogens is 1. The largest absolute Gasteiger partial charge is 0.494 e. The molecule has 3 nitrogen and oxygen atoms in total. The normalized spacial score (nSPS) is 12.0. The average molecular weight is 338 g/mol. The topological polar surface area (TPSA) is 38.3 Å². The van der Waals surface area contributed by atoms with Gasteiger partial charge in [-0.05, 0) is 55.5 Å². The van der Waals surface area contributed by atoms with Gasteiger partial charge in [0, 0.05) is 16.3 Å². The van der Waals surface area contributed by atoms with Crippen molar-refractivity contribution >= 4 is 28.8 Å². The molecule has 1 amide bonds. The van der Waals surface area contributed by atoms with Gasteiger partial charge in [-0.3, -0.25) is 4.79 Å². The fourth-order valence-corrected chi connectivity index (χ4v) is 2.90. The van der Waals surface area contributed by atoms with E-state index in [1.54, 1.807) is 11.3 Å². The van der Waals surface area contributed by atoms with E-state index < -0.39 is 0 Å². The number of benzene rings is 1. The van der Waals surface area contributed by atoms with E-state index in [0.29, 0.717) is 19.4 Å². The molecule has 1 aromatic heterocycles. The van der Waals surface area contributed by atoms with Crippen LogP contribution in [0.4, 0.5) is 0 Å². The van der Waals surface area contributed by atoms with E-state index in [-0.39, 0.29) is 11.9 Å². The maximum absolute atomic E-state index is 11.9. The lowest BCUT2D eigenvalue weighted by Crippen LogP contribution is -2.26. The lowest BCUT2D eigenvalue weighted by molar-refractivity contribution is -0.121. The minimum absolute atomic E-state index is 0.0526. The highest BCUT2D eigenvalue weighted by atomic mass is 35.5. The van der Waals surface area contributed by atoms with E-state index in [2.05, 4.69) is 5.32 Å². The van der Waals surface area contributed by atoms with Crippen LogP contribution in [-0.2, 0) is 4.79 Å². The Morgan fingerprint density at radius 1 is 1.41 bits per heavy atom. The zero-order chi connectivity index (χ0) is 15.9. The van der Waals surface area contributed by atoms with Gasteiger partial charge >= 0.3 is 0 Å². The Bertz CT molecular complexity index is 613. The molecule has 1 unspecified atom stereocenters. The number of ether oxygens (including phenoxy) is 1. The van der Waals surface area contributed by atoms with E-state index in [9.17, 15) is 4.79 Å². The van der Waals surface area contributed by atoms with Crippen molar-refractivity contribution in [3.63, 3.8) is 0 Å². The Hall–Kier alpha value is -1.52. The van der Waals surface area contributed by atoms with Gasteiger partial charge in [-0.1, -0.05) is 17.7 Å². The molecule has 0 aliphatic carbocycles. The van der Waals surface area contributed by atoms with Gasteiger partial charge < -0.3 is 10.1 Å². The van der Waals surface area contributed by atoms with Crippen LogP contribution < -0.4 is 10.1 Å². The van der Waals surface area contributed by atoms with Gasteiger partial charge in [0.1, 0.15) is 5.75 Å². The van der Waals surface area contributed by atoms with Crippen molar-refractivity contribution in [2.75, 3.05) is 6.61 Å². The lowest BCUT2D eigenvalue weighted by Gasteiger charge is -2.12. The number of nitrogens with one attached hydrogen (secondary N) is 1. The van der Waals surface area contributed by atoms with Gasteiger partial charge in [-0.25, -0.2) is 0 Å². The van der Waals surface area contributed by atoms with Gasteiger partial charge in [-0.2, -0.15) is 0 Å². The third-order valence-corrected chi connectivity index (χ3v) is 4.77. The minimum Gasteiger partial charge on any atom is -0.494 e. The highest BCUT2D eigenvalue weighted by Crippen LogP contribution is 2.21. The average Bonchev–Trinajstić information content (AvgIpc) is 3.01. The first-order valence-corrected chi connectivity index (χ1v) is 8.53. The molecule has 1 atom stereocenters. The smallest absolute Gasteiger partial charge is 0.220 e. The SMILES string of the molecule is Cc1cc(OCCCC(=O)NC(C)c2cccs2)ccc1Cl. The van der Waals surface area contributed by atoms with Gasteiger partial charge in [0.25, 0.3) is 0 Å². The first-order chi connectivity index (χ1) is 10.6. The molecule has 2 rings (SSSR count). The van der Waals surface area contributed by atoms with E-state index in [0.717, 1.165) is 16.3 Å². The van der Waals surface area contributed by atoms with E-state index in [4.69, 9.17) is 16.3 Å². The summed E-state index contributed by atoms with van der Waals surface area (Å²) < 4.78 is 5.63. The van der Waals surface area contributed by atoms with Crippen molar-refractivity contribution < 1.29 is 9.53 Å². The second-order valence-corrected chi connectivity index (χ2v) is 6.55. The third-order valence-electron chi connectivity index (χ3n) is 3.29. The standard InChI is InChI=1S/C17H20ClNO2S/c1-12-11-14(7-8-15(12)18)21-9-3-6-17(20)19-13(2)16-5-4-10-22-16/h4-5,7-8,10-11,13H,3,6,9H2,1-2H3,(H,19,20). The number of hydrogen-bond acceptors (Lipinski definition) is 3. The molecule has 118 valence electrons. The predicted molar refractivity (Wildman–Crippen MR) is 91.8 cm³/mol. The fourth-order valence-electron chi connectivity index (χ4n) is 2.05. The molecule has 22 heavy (non-hydrogen) atoms. The molecule has 0 fully saturated rings. The first kappa shape index (κ1) is 16.8. The monoisotopic (exact) mass is 337 g/mol. The van der Waals surface area contributed by atoms with Crippen molar-refractivity contribution in [2.45, 2.75) is 32.7 Å². The third kappa shape index (κ3) is 5.04. The molecule has 0 saturated heterocycles. The van der Waals surface area contributed by atoms with E-state index >= 15 is 0 Å². The number of thiophene rings is 1. The van der Waals surface area contributed by atoms with Crippen LogP contribution in [0.1, 0.15) is 36.2 Å². The van der Waals surface area contributed by atoms with Gasteiger partial charge in [-0.15, -0.1) is 11.3 Å². The Labute approximate surface area is 140 Å². The van der Waals surface area contributed by atoms with Crippen LogP contribution in [-0.4, -0.2) is 12.5 Å². The molecular weight excluding hydrogens is 318 g/mol. The van der Waals surface area contributed by atoms with Crippen molar-refractivity contribution in [3.8, 4) is 5.75 Å². The van der Waals surface area contributed by atoms with Gasteiger partial charge in [0.2, 0.25) is 5.91 Å². The Kier molecular flexibility index (Phi) is 6.28. The molecule has 5 heteroatoms. The quantitative estimate of drug-likeness (QED) is 0.741. The van der Waals surface area contributed by atoms with Gasteiger partial charge in [0.05, 0.1) is 12.6 Å². The van der Waals surface area contributed by atoms with Crippen LogP contribution in [0.5, 0.6) is 5.75 Å². The summed E-state index contributed by atoms with van der Waals surface area (Å²) in [5.41, 5.74) is 0.988. The Morgan fingerprint density at radius 3 is 2.91 bits per heavy atom. The molecule has 0 bridgehead atoms. The van der Waals surface area contributed by atoms with E-state index in [1.807, 2.05) is 49.6 Å². The van der Waals surface area contributed by atoms with Crippen LogP contribution >= 0.6 is 22.9 Å². The number of hydrogen-bond donors (Lipinski definition) is 1. The van der Waals surface area contributed by atoms with Crippen LogP contribution in [0.3, 0.4) is 0 Å². The van der Waals surface area contributed by atoms with Crippen LogP contribution in [0, 0.1) is 6.92 Å². The molecule has 0 aliphatic heterocycles. The molecule has 2 aromatic rings. The summed E-state index contributed by atoms with van der Waals surface area (Å²) in [6, 6.07) is 9.65. The lowest BCUT2D eigenvalue weighted by atomic mass is 10.2. The van der Waals surface area contributed by atoms with Crippen molar-refractivity contribution in [1.29, 1.82) is 0 Å². The van der Waals surface area contributed by atoms with Crippen LogP contribution in [0.15, 0.2) is 35.7 Å². The second kappa shape index (κ2) is 8.20. The summed E-state index contributed by atoms with van der Waals surface area (Å²) >= 11 is 7.62. The molecule has 1 N–H and O–H groups in total. The fraction of sp³-hybridized carbons (Fsp3) is 0.353. The number of amides is 1. The zero-order valence-electron chi connectivity index (χ0n) is 12.8. The Morgan fingerprint density at radius 2 is 2.23 bits per heavy atom. The number of aryl methyl sites for hydroxylation is 1. The second-order valence-electron chi connectivity index (χ2n) is 5.17. The number of carbonyl (C=O) groups is 1. The van der Waals surface area contributed by atoms with Crippen LogP contribution in [0.2, 0.25) is 5.02 Å². The van der Waals surface area contributed by atoms with Crippen LogP contribution in [0.25, 0.3) is 0 Å². The van der Waals surface area contributed by atoms with Gasteiger partial charge in [0.15, 0.2) is 0 Å². The van der Waals surface area contributed by atoms with Crippen molar-refractivity contribution in [1.82, 2.24) is 5.32 Å². The Balaban J connectivity index is 1.67. The van der Waals surface area contributed by atoms with Crippen molar-refractivity contribution in [2.24, 2.45) is 0 Å². The summed E-state index contributed by atoms with van der Waals surface area (Å²) in [6.45, 7) is 4.45. The predicted octanol–water partition coefficient (Wildman–Crippen LogP) is 4.75. The summed E-state index contributed by atoms with van der Waals surface area (Å²) in [7, 11) is 0. The van der Waals surface area contributed by atoms with Crippen molar-refractivity contribution in [3.05, 3.63) is 51.2 Å². The molecule has 1 aromatic carbocycles. The highest BCUT2D eigenvalue weighted by Gasteiger charge is 2.10. The molecule has 0 saturated carbocycles. The maximum Gasteiger partial charge on any atom is 0.220 e.